The lowest BCUT2D eigenvalue weighted by atomic mass is 10.1. The molecule has 15 heavy (non-hydrogen) atoms. The zero-order valence-corrected chi connectivity index (χ0v) is 8.21. The topological polar surface area (TPSA) is 71.0 Å². The van der Waals surface area contributed by atoms with Crippen LogP contribution in [-0.2, 0) is 0 Å². The molecule has 0 bridgehead atoms. The predicted molar refractivity (Wildman–Crippen MR) is 53.4 cm³/mol. The molecule has 0 saturated heterocycles. The Hall–Kier alpha value is -1.88. The summed E-state index contributed by atoms with van der Waals surface area (Å²) in [7, 11) is 1.56. The molecule has 1 heterocycles. The van der Waals surface area contributed by atoms with Crippen LogP contribution in [0.1, 0.15) is 17.5 Å². The molecule has 0 radical (unpaired) electrons. The van der Waals surface area contributed by atoms with Gasteiger partial charge >= 0.3 is 0 Å². The van der Waals surface area contributed by atoms with Crippen molar-refractivity contribution in [3.63, 3.8) is 0 Å². The third kappa shape index (κ3) is 1.82. The van der Waals surface area contributed by atoms with Gasteiger partial charge in [0.05, 0.1) is 7.11 Å². The number of aromatic nitrogens is 3. The molecular weight excluding hydrogens is 194 g/mol. The Bertz CT molecular complexity index is 428. The number of nitrogens with one attached hydrogen (secondary N) is 1. The smallest absolute Gasteiger partial charge is 0.157 e. The molecule has 1 atom stereocenters. The van der Waals surface area contributed by atoms with Gasteiger partial charge < -0.3 is 9.84 Å². The van der Waals surface area contributed by atoms with E-state index in [1.807, 2.05) is 12.1 Å². The highest BCUT2D eigenvalue weighted by molar-refractivity contribution is 5.37. The number of H-pyrrole nitrogens is 1. The summed E-state index contributed by atoms with van der Waals surface area (Å²) in [5, 5.41) is 16.3. The Labute approximate surface area is 86.7 Å². The molecule has 0 aliphatic carbocycles. The van der Waals surface area contributed by atoms with Gasteiger partial charge in [-0.05, 0) is 6.07 Å². The lowest BCUT2D eigenvalue weighted by Crippen LogP contribution is -2.04. The van der Waals surface area contributed by atoms with E-state index >= 15 is 0 Å². The van der Waals surface area contributed by atoms with Crippen LogP contribution in [0, 0.1) is 0 Å². The fourth-order valence-electron chi connectivity index (χ4n) is 1.39. The largest absolute Gasteiger partial charge is 0.496 e. The normalized spacial score (nSPS) is 12.4. The van der Waals surface area contributed by atoms with Crippen molar-refractivity contribution in [3.05, 3.63) is 42.0 Å². The van der Waals surface area contributed by atoms with Gasteiger partial charge in [0.2, 0.25) is 0 Å². The average molecular weight is 205 g/mol. The standard InChI is InChI=1S/C10H11N3O2/c1-15-8-5-3-2-4-7(8)9(14)10-11-6-12-13-10/h2-6,9,14H,1H3,(H,11,12,13). The first-order valence-electron chi connectivity index (χ1n) is 4.49. The minimum Gasteiger partial charge on any atom is -0.496 e. The number of aromatic amines is 1. The number of aliphatic hydroxyl groups excluding tert-OH is 1. The maximum absolute atomic E-state index is 9.98. The van der Waals surface area contributed by atoms with Gasteiger partial charge in [0.25, 0.3) is 0 Å². The summed E-state index contributed by atoms with van der Waals surface area (Å²) in [6.45, 7) is 0. The second-order valence-corrected chi connectivity index (χ2v) is 3.02. The maximum atomic E-state index is 9.98. The zero-order valence-electron chi connectivity index (χ0n) is 8.21. The Morgan fingerprint density at radius 3 is 2.87 bits per heavy atom. The molecule has 78 valence electrons. The zero-order chi connectivity index (χ0) is 10.7. The number of aliphatic hydroxyl groups is 1. The first-order chi connectivity index (χ1) is 7.33. The summed E-state index contributed by atoms with van der Waals surface area (Å²) in [6, 6.07) is 7.24. The van der Waals surface area contributed by atoms with Crippen LogP contribution >= 0.6 is 0 Å². The first kappa shape index (κ1) is 9.67. The highest BCUT2D eigenvalue weighted by atomic mass is 16.5. The maximum Gasteiger partial charge on any atom is 0.157 e. The fourth-order valence-corrected chi connectivity index (χ4v) is 1.39. The molecule has 1 aromatic heterocycles. The van der Waals surface area contributed by atoms with Gasteiger partial charge in [-0.3, -0.25) is 5.10 Å². The van der Waals surface area contributed by atoms with Crippen LogP contribution in [-0.4, -0.2) is 27.4 Å². The van der Waals surface area contributed by atoms with E-state index in [9.17, 15) is 5.11 Å². The highest BCUT2D eigenvalue weighted by Gasteiger charge is 2.16. The van der Waals surface area contributed by atoms with Crippen molar-refractivity contribution in [2.45, 2.75) is 6.10 Å². The van der Waals surface area contributed by atoms with Crippen LogP contribution in [0.2, 0.25) is 0 Å². The number of ether oxygens (including phenoxy) is 1. The van der Waals surface area contributed by atoms with Crippen molar-refractivity contribution in [3.8, 4) is 5.75 Å². The van der Waals surface area contributed by atoms with E-state index in [1.54, 1.807) is 19.2 Å². The van der Waals surface area contributed by atoms with Crippen LogP contribution in [0.15, 0.2) is 30.6 Å². The number of methoxy groups -OCH3 is 1. The quantitative estimate of drug-likeness (QED) is 0.780. The Morgan fingerprint density at radius 2 is 2.20 bits per heavy atom. The van der Waals surface area contributed by atoms with Gasteiger partial charge in [-0.2, -0.15) is 5.10 Å². The fraction of sp³-hybridized carbons (Fsp3) is 0.200. The summed E-state index contributed by atoms with van der Waals surface area (Å²) >= 11 is 0. The van der Waals surface area contributed by atoms with Gasteiger partial charge in [0.1, 0.15) is 18.2 Å². The molecule has 0 saturated carbocycles. The number of rotatable bonds is 3. The molecule has 0 aliphatic heterocycles. The molecule has 2 rings (SSSR count). The van der Waals surface area contributed by atoms with Crippen LogP contribution in [0.25, 0.3) is 0 Å². The number of hydrogen-bond acceptors (Lipinski definition) is 4. The number of benzene rings is 1. The molecule has 5 nitrogen and oxygen atoms in total. The van der Waals surface area contributed by atoms with Crippen LogP contribution in [0.3, 0.4) is 0 Å². The van der Waals surface area contributed by atoms with E-state index in [0.29, 0.717) is 17.1 Å². The second kappa shape index (κ2) is 4.10. The van der Waals surface area contributed by atoms with Gasteiger partial charge in [-0.1, -0.05) is 18.2 Å². The summed E-state index contributed by atoms with van der Waals surface area (Å²) in [5.41, 5.74) is 0.664. The number of nitrogens with zero attached hydrogens (tertiary/aromatic N) is 2. The summed E-state index contributed by atoms with van der Waals surface area (Å²) < 4.78 is 5.14. The molecule has 2 N–H and O–H groups in total. The van der Waals surface area contributed by atoms with Gasteiger partial charge in [-0.15, -0.1) is 0 Å². The van der Waals surface area contributed by atoms with Gasteiger partial charge in [-0.25, -0.2) is 4.98 Å². The molecule has 0 amide bonds. The molecule has 0 fully saturated rings. The predicted octanol–water partition coefficient (Wildman–Crippen LogP) is 0.895. The van der Waals surface area contributed by atoms with E-state index in [0.717, 1.165) is 0 Å². The highest BCUT2D eigenvalue weighted by Crippen LogP contribution is 2.27. The molecule has 0 spiro atoms. The van der Waals surface area contributed by atoms with E-state index in [1.165, 1.54) is 6.33 Å². The van der Waals surface area contributed by atoms with Crippen molar-refractivity contribution in [1.29, 1.82) is 0 Å². The summed E-state index contributed by atoms with van der Waals surface area (Å²) in [6.07, 6.45) is 0.511. The van der Waals surface area contributed by atoms with E-state index in [2.05, 4.69) is 15.2 Å². The molecule has 5 heteroatoms. The molecule has 0 aliphatic rings. The minimum absolute atomic E-state index is 0.402. The van der Waals surface area contributed by atoms with E-state index in [-0.39, 0.29) is 0 Å². The monoisotopic (exact) mass is 205 g/mol. The molecule has 1 aromatic carbocycles. The molecule has 2 aromatic rings. The van der Waals surface area contributed by atoms with Gasteiger partial charge in [0.15, 0.2) is 5.82 Å². The number of para-hydroxylation sites is 1. The van der Waals surface area contributed by atoms with E-state index < -0.39 is 6.10 Å². The minimum atomic E-state index is -0.844. The van der Waals surface area contributed by atoms with Crippen molar-refractivity contribution in [2.24, 2.45) is 0 Å². The van der Waals surface area contributed by atoms with Crippen LogP contribution in [0.5, 0.6) is 5.75 Å². The Morgan fingerprint density at radius 1 is 1.40 bits per heavy atom. The Balaban J connectivity index is 2.37. The summed E-state index contributed by atoms with van der Waals surface area (Å²) in [4.78, 5) is 3.90. The SMILES string of the molecule is COc1ccccc1C(O)c1ncn[nH]1. The third-order valence-electron chi connectivity index (χ3n) is 2.13. The second-order valence-electron chi connectivity index (χ2n) is 3.02. The van der Waals surface area contributed by atoms with Gasteiger partial charge in [0, 0.05) is 5.56 Å². The van der Waals surface area contributed by atoms with Crippen molar-refractivity contribution < 1.29 is 9.84 Å². The van der Waals surface area contributed by atoms with Crippen molar-refractivity contribution in [1.82, 2.24) is 15.2 Å². The first-order valence-corrected chi connectivity index (χ1v) is 4.49. The molecule has 1 unspecified atom stereocenters. The van der Waals surface area contributed by atoms with Crippen LogP contribution in [0.4, 0.5) is 0 Å². The third-order valence-corrected chi connectivity index (χ3v) is 2.13. The van der Waals surface area contributed by atoms with Crippen molar-refractivity contribution in [2.75, 3.05) is 7.11 Å². The lowest BCUT2D eigenvalue weighted by molar-refractivity contribution is 0.205. The van der Waals surface area contributed by atoms with E-state index in [4.69, 9.17) is 4.74 Å². The lowest BCUT2D eigenvalue weighted by Gasteiger charge is -2.11. The van der Waals surface area contributed by atoms with Crippen LogP contribution < -0.4 is 4.74 Å². The Kier molecular flexibility index (Phi) is 2.64. The summed E-state index contributed by atoms with van der Waals surface area (Å²) in [5.74, 6) is 1.03. The average Bonchev–Trinajstić information content (AvgIpc) is 2.81. The number of hydrogen-bond donors (Lipinski definition) is 2. The van der Waals surface area contributed by atoms with Crippen molar-refractivity contribution >= 4 is 0 Å². The molecular formula is C10H11N3O2.